The molecule has 2 aromatic rings. The summed E-state index contributed by atoms with van der Waals surface area (Å²) in [6.07, 6.45) is 4.87. The summed E-state index contributed by atoms with van der Waals surface area (Å²) >= 11 is 0. The molecule has 0 bridgehead atoms. The first kappa shape index (κ1) is 11.2. The maximum absolute atomic E-state index is 4.48. The molecule has 0 spiro atoms. The molecule has 1 saturated heterocycles. The van der Waals surface area contributed by atoms with Crippen LogP contribution >= 0.6 is 0 Å². The molecule has 94 valence electrons. The van der Waals surface area contributed by atoms with E-state index in [9.17, 15) is 0 Å². The fourth-order valence-electron chi connectivity index (χ4n) is 2.59. The molecule has 5 nitrogen and oxygen atoms in total. The van der Waals surface area contributed by atoms with Gasteiger partial charge in [-0.15, -0.1) is 0 Å². The zero-order chi connectivity index (χ0) is 12.5. The second kappa shape index (κ2) is 4.40. The summed E-state index contributed by atoms with van der Waals surface area (Å²) in [5.41, 5.74) is 2.52. The van der Waals surface area contributed by atoms with Crippen LogP contribution in [-0.2, 0) is 0 Å². The molecule has 1 unspecified atom stereocenters. The molecule has 1 atom stereocenters. The van der Waals surface area contributed by atoms with E-state index in [0.717, 1.165) is 31.2 Å². The molecule has 0 amide bonds. The predicted octanol–water partition coefficient (Wildman–Crippen LogP) is 1.81. The summed E-state index contributed by atoms with van der Waals surface area (Å²) in [5, 5.41) is 7.23. The molecular formula is C13H17N5. The quantitative estimate of drug-likeness (QED) is 0.874. The number of anilines is 1. The molecule has 18 heavy (non-hydrogen) atoms. The van der Waals surface area contributed by atoms with Gasteiger partial charge in [-0.05, 0) is 31.9 Å². The molecule has 0 radical (unpaired) electrons. The van der Waals surface area contributed by atoms with Crippen LogP contribution in [0.15, 0.2) is 18.5 Å². The van der Waals surface area contributed by atoms with Crippen molar-refractivity contribution in [2.75, 3.05) is 18.0 Å². The third-order valence-electron chi connectivity index (χ3n) is 3.55. The van der Waals surface area contributed by atoms with Gasteiger partial charge >= 0.3 is 0 Å². The van der Waals surface area contributed by atoms with E-state index in [1.807, 2.05) is 25.4 Å². The highest BCUT2D eigenvalue weighted by molar-refractivity contribution is 5.40. The number of nitrogens with zero attached hydrogens (tertiary/aromatic N) is 4. The number of aromatic nitrogens is 4. The van der Waals surface area contributed by atoms with Gasteiger partial charge in [0.2, 0.25) is 0 Å². The molecule has 2 aromatic heterocycles. The summed E-state index contributed by atoms with van der Waals surface area (Å²) in [4.78, 5) is 10.9. The van der Waals surface area contributed by atoms with E-state index in [1.54, 1.807) is 0 Å². The number of rotatable bonds is 2. The minimum atomic E-state index is 0.530. The predicted molar refractivity (Wildman–Crippen MR) is 69.7 cm³/mol. The Morgan fingerprint density at radius 1 is 1.39 bits per heavy atom. The normalized spacial score (nSPS) is 19.4. The minimum Gasteiger partial charge on any atom is -0.356 e. The maximum atomic E-state index is 4.48. The van der Waals surface area contributed by atoms with E-state index in [2.05, 4.69) is 32.0 Å². The smallest absolute Gasteiger partial charge is 0.132 e. The third-order valence-corrected chi connectivity index (χ3v) is 3.55. The van der Waals surface area contributed by atoms with Crippen molar-refractivity contribution >= 4 is 5.82 Å². The Morgan fingerprint density at radius 3 is 3.00 bits per heavy atom. The van der Waals surface area contributed by atoms with Gasteiger partial charge in [-0.2, -0.15) is 5.10 Å². The molecule has 0 aliphatic carbocycles. The van der Waals surface area contributed by atoms with Crippen LogP contribution in [0.3, 0.4) is 0 Å². The highest BCUT2D eigenvalue weighted by atomic mass is 15.2. The highest BCUT2D eigenvalue weighted by Gasteiger charge is 2.26. The first-order valence-electron chi connectivity index (χ1n) is 6.28. The van der Waals surface area contributed by atoms with E-state index in [0.29, 0.717) is 5.92 Å². The minimum absolute atomic E-state index is 0.530. The molecule has 3 heterocycles. The standard InChI is InChI=1S/C13H17N5/c1-9-7-15-17-13(9)11-4-6-18(8-11)12-3-5-14-10(2)16-12/h3,5,7,11H,4,6,8H2,1-2H3,(H,15,17). The third kappa shape index (κ3) is 1.96. The first-order chi connectivity index (χ1) is 8.74. The molecular weight excluding hydrogens is 226 g/mol. The molecule has 0 aromatic carbocycles. The van der Waals surface area contributed by atoms with Crippen LogP contribution in [0.2, 0.25) is 0 Å². The molecule has 1 aliphatic rings. The Bertz CT molecular complexity index is 548. The topological polar surface area (TPSA) is 57.7 Å². The average Bonchev–Trinajstić information content (AvgIpc) is 2.97. The van der Waals surface area contributed by atoms with Crippen molar-refractivity contribution in [1.82, 2.24) is 20.2 Å². The van der Waals surface area contributed by atoms with Gasteiger partial charge in [-0.1, -0.05) is 0 Å². The molecule has 5 heteroatoms. The van der Waals surface area contributed by atoms with Gasteiger partial charge in [0, 0.05) is 30.9 Å². The summed E-state index contributed by atoms with van der Waals surface area (Å²) in [5.74, 6) is 2.39. The van der Waals surface area contributed by atoms with Crippen LogP contribution in [0.4, 0.5) is 5.82 Å². The lowest BCUT2D eigenvalue weighted by Crippen LogP contribution is -2.21. The fraction of sp³-hybridized carbons (Fsp3) is 0.462. The van der Waals surface area contributed by atoms with E-state index >= 15 is 0 Å². The molecule has 1 fully saturated rings. The molecule has 0 saturated carbocycles. The SMILES string of the molecule is Cc1nccc(N2CCC(c3[nH]ncc3C)C2)n1. The average molecular weight is 243 g/mol. The van der Waals surface area contributed by atoms with E-state index in [4.69, 9.17) is 0 Å². The molecule has 3 rings (SSSR count). The lowest BCUT2D eigenvalue weighted by Gasteiger charge is -2.17. The zero-order valence-electron chi connectivity index (χ0n) is 10.7. The fourth-order valence-corrected chi connectivity index (χ4v) is 2.59. The zero-order valence-corrected chi connectivity index (χ0v) is 10.7. The lowest BCUT2D eigenvalue weighted by molar-refractivity contribution is 0.732. The Kier molecular flexibility index (Phi) is 2.74. The molecule has 1 aliphatic heterocycles. The van der Waals surface area contributed by atoms with Crippen molar-refractivity contribution in [2.45, 2.75) is 26.2 Å². The number of nitrogens with one attached hydrogen (secondary N) is 1. The van der Waals surface area contributed by atoms with E-state index in [-0.39, 0.29) is 0 Å². The summed E-state index contributed by atoms with van der Waals surface area (Å²) in [7, 11) is 0. The summed E-state index contributed by atoms with van der Waals surface area (Å²) < 4.78 is 0. The van der Waals surface area contributed by atoms with E-state index in [1.165, 1.54) is 11.3 Å². The molecule has 1 N–H and O–H groups in total. The lowest BCUT2D eigenvalue weighted by atomic mass is 10.0. The number of H-pyrrole nitrogens is 1. The number of hydrogen-bond donors (Lipinski definition) is 1. The number of aromatic amines is 1. The van der Waals surface area contributed by atoms with Gasteiger partial charge in [0.1, 0.15) is 11.6 Å². The van der Waals surface area contributed by atoms with Crippen molar-refractivity contribution in [2.24, 2.45) is 0 Å². The van der Waals surface area contributed by atoms with Crippen molar-refractivity contribution in [3.63, 3.8) is 0 Å². The van der Waals surface area contributed by atoms with E-state index < -0.39 is 0 Å². The van der Waals surface area contributed by atoms with Gasteiger partial charge in [0.05, 0.1) is 6.20 Å². The van der Waals surface area contributed by atoms with Crippen LogP contribution < -0.4 is 4.90 Å². The van der Waals surface area contributed by atoms with Gasteiger partial charge < -0.3 is 4.90 Å². The summed E-state index contributed by atoms with van der Waals surface area (Å²) in [6.45, 7) is 6.07. The van der Waals surface area contributed by atoms with Crippen LogP contribution in [-0.4, -0.2) is 33.3 Å². The van der Waals surface area contributed by atoms with Gasteiger partial charge in [0.15, 0.2) is 0 Å². The maximum Gasteiger partial charge on any atom is 0.132 e. The monoisotopic (exact) mass is 243 g/mol. The van der Waals surface area contributed by atoms with Crippen LogP contribution in [0.25, 0.3) is 0 Å². The van der Waals surface area contributed by atoms with Crippen molar-refractivity contribution in [1.29, 1.82) is 0 Å². The van der Waals surface area contributed by atoms with Crippen LogP contribution in [0, 0.1) is 13.8 Å². The largest absolute Gasteiger partial charge is 0.356 e. The number of aryl methyl sites for hydroxylation is 2. The second-order valence-electron chi connectivity index (χ2n) is 4.86. The van der Waals surface area contributed by atoms with Crippen molar-refractivity contribution < 1.29 is 0 Å². The summed E-state index contributed by atoms with van der Waals surface area (Å²) in [6, 6.07) is 1.98. The Balaban J connectivity index is 1.78. The van der Waals surface area contributed by atoms with Crippen molar-refractivity contribution in [3.05, 3.63) is 35.5 Å². The Labute approximate surface area is 106 Å². The van der Waals surface area contributed by atoms with Crippen LogP contribution in [0.5, 0.6) is 0 Å². The second-order valence-corrected chi connectivity index (χ2v) is 4.86. The Hall–Kier alpha value is -1.91. The van der Waals surface area contributed by atoms with Crippen LogP contribution in [0.1, 0.15) is 29.4 Å². The van der Waals surface area contributed by atoms with Gasteiger partial charge in [-0.3, -0.25) is 5.10 Å². The van der Waals surface area contributed by atoms with Gasteiger partial charge in [-0.25, -0.2) is 9.97 Å². The highest BCUT2D eigenvalue weighted by Crippen LogP contribution is 2.30. The number of hydrogen-bond acceptors (Lipinski definition) is 4. The van der Waals surface area contributed by atoms with Crippen molar-refractivity contribution in [3.8, 4) is 0 Å². The Morgan fingerprint density at radius 2 is 2.28 bits per heavy atom. The van der Waals surface area contributed by atoms with Gasteiger partial charge in [0.25, 0.3) is 0 Å². The first-order valence-corrected chi connectivity index (χ1v) is 6.28.